The van der Waals surface area contributed by atoms with Crippen molar-refractivity contribution in [3.8, 4) is 0 Å². The molecule has 1 aliphatic rings. The van der Waals surface area contributed by atoms with Gasteiger partial charge >= 0.3 is 6.03 Å². The lowest BCUT2D eigenvalue weighted by Gasteiger charge is -2.19. The summed E-state index contributed by atoms with van der Waals surface area (Å²) >= 11 is 0. The molecule has 4 rings (SSSR count). The fourth-order valence-corrected chi connectivity index (χ4v) is 2.73. The first kappa shape index (κ1) is 12.8. The van der Waals surface area contributed by atoms with Crippen LogP contribution in [0.1, 0.15) is 5.56 Å². The summed E-state index contributed by atoms with van der Waals surface area (Å²) in [5.41, 5.74) is 4.27. The highest BCUT2D eigenvalue weighted by atomic mass is 16.2. The summed E-state index contributed by atoms with van der Waals surface area (Å²) < 4.78 is 0. The Morgan fingerprint density at radius 3 is 2.77 bits per heavy atom. The minimum atomic E-state index is -0.0426. The van der Waals surface area contributed by atoms with E-state index in [1.165, 1.54) is 0 Å². The summed E-state index contributed by atoms with van der Waals surface area (Å²) in [7, 11) is 0. The molecule has 0 radical (unpaired) electrons. The normalized spacial score (nSPS) is 15.0. The first-order valence-electron chi connectivity index (χ1n) is 7.04. The molecule has 1 aliphatic heterocycles. The zero-order valence-electron chi connectivity index (χ0n) is 12.0. The number of aromatic nitrogens is 4. The summed E-state index contributed by atoms with van der Waals surface area (Å²) in [5, 5.41) is 10.7. The van der Waals surface area contributed by atoms with Gasteiger partial charge in [-0.1, -0.05) is 0 Å². The highest BCUT2D eigenvalue weighted by Gasteiger charge is 2.31. The van der Waals surface area contributed by atoms with E-state index in [2.05, 4.69) is 20.4 Å². The molecule has 22 heavy (non-hydrogen) atoms. The van der Waals surface area contributed by atoms with Crippen LogP contribution < -0.4 is 9.80 Å². The average Bonchev–Trinajstić information content (AvgIpc) is 3.13. The third kappa shape index (κ3) is 1.90. The van der Waals surface area contributed by atoms with Crippen LogP contribution in [0.4, 0.5) is 16.2 Å². The second-order valence-electron chi connectivity index (χ2n) is 5.24. The van der Waals surface area contributed by atoms with Gasteiger partial charge in [-0.25, -0.2) is 4.79 Å². The van der Waals surface area contributed by atoms with Crippen LogP contribution in [-0.4, -0.2) is 39.5 Å². The molecule has 0 atom stereocenters. The molecule has 110 valence electrons. The second kappa shape index (κ2) is 4.80. The Hall–Kier alpha value is -2.96. The number of urea groups is 1. The van der Waals surface area contributed by atoms with Crippen LogP contribution >= 0.6 is 0 Å². The van der Waals surface area contributed by atoms with Crippen molar-refractivity contribution in [1.29, 1.82) is 0 Å². The number of carbonyl (C=O) groups is 1. The predicted molar refractivity (Wildman–Crippen MR) is 83.0 cm³/mol. The zero-order valence-corrected chi connectivity index (χ0v) is 12.0. The lowest BCUT2D eigenvalue weighted by atomic mass is 10.2. The highest BCUT2D eigenvalue weighted by molar-refractivity contribution is 6.07. The van der Waals surface area contributed by atoms with Crippen LogP contribution in [0, 0.1) is 6.92 Å². The van der Waals surface area contributed by atoms with Gasteiger partial charge in [0.15, 0.2) is 0 Å². The number of carbonyl (C=O) groups excluding carboxylic acids is 1. The van der Waals surface area contributed by atoms with Gasteiger partial charge in [0, 0.05) is 25.0 Å². The summed E-state index contributed by atoms with van der Waals surface area (Å²) in [6.45, 7) is 3.26. The van der Waals surface area contributed by atoms with Crippen molar-refractivity contribution in [3.63, 3.8) is 0 Å². The highest BCUT2D eigenvalue weighted by Crippen LogP contribution is 2.27. The molecule has 1 aromatic carbocycles. The van der Waals surface area contributed by atoms with E-state index in [-0.39, 0.29) is 6.03 Å². The number of H-pyrrole nitrogens is 1. The molecule has 0 unspecified atom stereocenters. The Kier molecular flexibility index (Phi) is 2.78. The van der Waals surface area contributed by atoms with Crippen molar-refractivity contribution in [1.82, 2.24) is 20.4 Å². The van der Waals surface area contributed by atoms with E-state index in [1.54, 1.807) is 22.2 Å². The van der Waals surface area contributed by atoms with Gasteiger partial charge in [-0.05, 0) is 36.8 Å². The molecular formula is C15H14N6O. The quantitative estimate of drug-likeness (QED) is 0.785. The lowest BCUT2D eigenvalue weighted by Crippen LogP contribution is -2.32. The largest absolute Gasteiger partial charge is 0.329 e. The van der Waals surface area contributed by atoms with E-state index in [1.807, 2.05) is 31.2 Å². The minimum absolute atomic E-state index is 0.0426. The Labute approximate surface area is 126 Å². The van der Waals surface area contributed by atoms with Gasteiger partial charge in [-0.15, -0.1) is 0 Å². The number of hydrogen-bond acceptors (Lipinski definition) is 4. The van der Waals surface area contributed by atoms with Crippen LogP contribution in [0.25, 0.3) is 11.0 Å². The van der Waals surface area contributed by atoms with E-state index in [9.17, 15) is 4.79 Å². The van der Waals surface area contributed by atoms with E-state index in [0.717, 1.165) is 28.0 Å². The number of pyridine rings is 1. The molecule has 0 saturated carbocycles. The van der Waals surface area contributed by atoms with Crippen LogP contribution in [0.15, 0.2) is 36.7 Å². The van der Waals surface area contributed by atoms with E-state index >= 15 is 0 Å². The Morgan fingerprint density at radius 1 is 1.09 bits per heavy atom. The SMILES string of the molecule is Cc1ccncc1N1CCN(c2ccc3n[nH]nc3c2)C1=O. The molecule has 2 aromatic heterocycles. The smallest absolute Gasteiger partial charge is 0.292 e. The van der Waals surface area contributed by atoms with Crippen molar-refractivity contribution in [3.05, 3.63) is 42.2 Å². The maximum absolute atomic E-state index is 12.7. The maximum Gasteiger partial charge on any atom is 0.329 e. The molecule has 7 nitrogen and oxygen atoms in total. The molecule has 0 spiro atoms. The number of aryl methyl sites for hydroxylation is 1. The number of rotatable bonds is 2. The van der Waals surface area contributed by atoms with Crippen LogP contribution in [-0.2, 0) is 0 Å². The molecule has 1 saturated heterocycles. The Balaban J connectivity index is 1.67. The van der Waals surface area contributed by atoms with Gasteiger partial charge in [0.05, 0.1) is 11.9 Å². The molecule has 0 bridgehead atoms. The van der Waals surface area contributed by atoms with E-state index in [0.29, 0.717) is 13.1 Å². The van der Waals surface area contributed by atoms with Crippen LogP contribution in [0.2, 0.25) is 0 Å². The van der Waals surface area contributed by atoms with Crippen molar-refractivity contribution >= 4 is 28.4 Å². The maximum atomic E-state index is 12.7. The van der Waals surface area contributed by atoms with Gasteiger partial charge in [-0.3, -0.25) is 14.8 Å². The van der Waals surface area contributed by atoms with Gasteiger partial charge < -0.3 is 0 Å². The first-order chi connectivity index (χ1) is 10.7. The summed E-state index contributed by atoms with van der Waals surface area (Å²) in [5.74, 6) is 0. The van der Waals surface area contributed by atoms with Crippen LogP contribution in [0.3, 0.4) is 0 Å². The van der Waals surface area contributed by atoms with Crippen molar-refractivity contribution in [2.24, 2.45) is 0 Å². The van der Waals surface area contributed by atoms with E-state index in [4.69, 9.17) is 0 Å². The number of hydrogen-bond donors (Lipinski definition) is 1. The summed E-state index contributed by atoms with van der Waals surface area (Å²) in [6.07, 6.45) is 3.47. The van der Waals surface area contributed by atoms with Gasteiger partial charge in [0.2, 0.25) is 0 Å². The number of anilines is 2. The third-order valence-electron chi connectivity index (χ3n) is 3.92. The zero-order chi connectivity index (χ0) is 15.1. The molecule has 3 heterocycles. The van der Waals surface area contributed by atoms with Crippen molar-refractivity contribution in [2.45, 2.75) is 6.92 Å². The summed E-state index contributed by atoms with van der Waals surface area (Å²) in [6, 6.07) is 7.49. The van der Waals surface area contributed by atoms with E-state index < -0.39 is 0 Å². The molecule has 0 aliphatic carbocycles. The Morgan fingerprint density at radius 2 is 1.91 bits per heavy atom. The van der Waals surface area contributed by atoms with Gasteiger partial charge in [0.1, 0.15) is 11.0 Å². The number of nitrogens with one attached hydrogen (secondary N) is 1. The topological polar surface area (TPSA) is 78.0 Å². The number of benzene rings is 1. The van der Waals surface area contributed by atoms with Gasteiger partial charge in [-0.2, -0.15) is 15.4 Å². The average molecular weight is 294 g/mol. The fraction of sp³-hybridized carbons (Fsp3) is 0.200. The Bertz CT molecular complexity index is 858. The van der Waals surface area contributed by atoms with Crippen molar-refractivity contribution < 1.29 is 4.79 Å². The lowest BCUT2D eigenvalue weighted by molar-refractivity contribution is 0.256. The summed E-state index contributed by atoms with van der Waals surface area (Å²) in [4.78, 5) is 20.3. The second-order valence-corrected chi connectivity index (χ2v) is 5.24. The van der Waals surface area contributed by atoms with Crippen molar-refractivity contribution in [2.75, 3.05) is 22.9 Å². The third-order valence-corrected chi connectivity index (χ3v) is 3.92. The number of aromatic amines is 1. The van der Waals surface area contributed by atoms with Crippen LogP contribution in [0.5, 0.6) is 0 Å². The molecule has 7 heteroatoms. The predicted octanol–water partition coefficient (Wildman–Crippen LogP) is 2.11. The molecular weight excluding hydrogens is 280 g/mol. The molecule has 1 fully saturated rings. The monoisotopic (exact) mass is 294 g/mol. The minimum Gasteiger partial charge on any atom is -0.292 e. The fourth-order valence-electron chi connectivity index (χ4n) is 2.73. The first-order valence-corrected chi connectivity index (χ1v) is 7.04. The van der Waals surface area contributed by atoms with Gasteiger partial charge in [0.25, 0.3) is 0 Å². The number of fused-ring (bicyclic) bond motifs is 1. The molecule has 1 N–H and O–H groups in total. The molecule has 3 aromatic rings. The number of amides is 2. The molecule has 2 amide bonds. The number of nitrogens with zero attached hydrogens (tertiary/aromatic N) is 5. The standard InChI is InChI=1S/C15H14N6O/c1-10-4-5-16-9-14(10)21-7-6-20(15(21)22)11-2-3-12-13(8-11)18-19-17-12/h2-5,8-9H,6-7H2,1H3,(H,17,18,19).